The van der Waals surface area contributed by atoms with E-state index in [0.717, 1.165) is 0 Å². The smallest absolute Gasteiger partial charge is 0.247 e. The van der Waals surface area contributed by atoms with Gasteiger partial charge in [-0.15, -0.1) is 0 Å². The molecule has 0 heterocycles. The molecule has 0 aliphatic heterocycles. The zero-order valence-corrected chi connectivity index (χ0v) is 13.6. The van der Waals surface area contributed by atoms with Crippen molar-refractivity contribution in [3.05, 3.63) is 22.7 Å². The topological polar surface area (TPSA) is 66.8 Å². The second-order valence-corrected chi connectivity index (χ2v) is 6.85. The van der Waals surface area contributed by atoms with Crippen LogP contribution in [0.25, 0.3) is 0 Å². The van der Waals surface area contributed by atoms with Gasteiger partial charge in [0.15, 0.2) is 0 Å². The van der Waals surface area contributed by atoms with Crippen LogP contribution in [0.2, 0.25) is 5.02 Å². The number of ether oxygens (including phenoxy) is 1. The van der Waals surface area contributed by atoms with Gasteiger partial charge in [0.2, 0.25) is 10.0 Å². The summed E-state index contributed by atoms with van der Waals surface area (Å²) in [6.07, 6.45) is 0. The lowest BCUT2D eigenvalue weighted by atomic mass is 10.2. The van der Waals surface area contributed by atoms with Crippen LogP contribution in [0.3, 0.4) is 0 Å². The molecule has 1 N–H and O–H groups in total. The molecule has 0 aromatic heterocycles. The van der Waals surface area contributed by atoms with Crippen LogP contribution in [0.4, 0.5) is 0 Å². The summed E-state index contributed by atoms with van der Waals surface area (Å²) in [6.45, 7) is 5.35. The van der Waals surface area contributed by atoms with E-state index < -0.39 is 10.0 Å². The number of benzene rings is 1. The van der Waals surface area contributed by atoms with Crippen molar-refractivity contribution in [3.8, 4) is 5.75 Å². The highest BCUT2D eigenvalue weighted by molar-refractivity contribution is 7.89. The minimum absolute atomic E-state index is 0.0212. The highest BCUT2D eigenvalue weighted by atomic mass is 35.5. The molecule has 0 radical (unpaired) electrons. The summed E-state index contributed by atoms with van der Waals surface area (Å²) in [4.78, 5) is -0.0212. The fourth-order valence-electron chi connectivity index (χ4n) is 2.10. The number of hydrogen-bond donors (Lipinski definition) is 1. The van der Waals surface area contributed by atoms with Crippen LogP contribution >= 0.6 is 11.6 Å². The maximum Gasteiger partial charge on any atom is 0.247 e. The van der Waals surface area contributed by atoms with E-state index in [0.29, 0.717) is 12.1 Å². The SMILES string of the molecule is CCN(C(C)C)S(=O)(=O)c1cc(Cl)cc(CO)c1OC. The number of aliphatic hydroxyl groups excluding tert-OH is 1. The van der Waals surface area contributed by atoms with Crippen LogP contribution in [0.15, 0.2) is 17.0 Å². The first-order valence-electron chi connectivity index (χ1n) is 6.28. The molecule has 0 atom stereocenters. The number of aliphatic hydroxyl groups is 1. The molecular weight excluding hydrogens is 302 g/mol. The van der Waals surface area contributed by atoms with Crippen molar-refractivity contribution in [2.45, 2.75) is 38.3 Å². The van der Waals surface area contributed by atoms with Crippen molar-refractivity contribution in [2.24, 2.45) is 0 Å². The summed E-state index contributed by atoms with van der Waals surface area (Å²) in [5.74, 6) is 0.135. The lowest BCUT2D eigenvalue weighted by molar-refractivity contribution is 0.272. The number of nitrogens with zero attached hydrogens (tertiary/aromatic N) is 1. The molecule has 1 rings (SSSR count). The summed E-state index contributed by atoms with van der Waals surface area (Å²) >= 11 is 5.94. The Labute approximate surface area is 125 Å². The zero-order valence-electron chi connectivity index (χ0n) is 12.1. The normalized spacial score (nSPS) is 12.2. The Morgan fingerprint density at radius 2 is 2.00 bits per heavy atom. The van der Waals surface area contributed by atoms with E-state index in [1.807, 2.05) is 0 Å². The minimum atomic E-state index is -3.74. The third-order valence-electron chi connectivity index (χ3n) is 2.95. The number of sulfonamides is 1. The van der Waals surface area contributed by atoms with Gasteiger partial charge in [-0.3, -0.25) is 0 Å². The van der Waals surface area contributed by atoms with Crippen LogP contribution in [-0.2, 0) is 16.6 Å². The molecule has 0 unspecified atom stereocenters. The molecule has 1 aromatic rings. The Bertz CT molecular complexity index is 572. The molecule has 0 saturated carbocycles. The molecule has 114 valence electrons. The Balaban J connectivity index is 3.56. The number of hydrogen-bond acceptors (Lipinski definition) is 4. The van der Waals surface area contributed by atoms with Gasteiger partial charge in [0.1, 0.15) is 10.6 Å². The predicted molar refractivity (Wildman–Crippen MR) is 78.6 cm³/mol. The van der Waals surface area contributed by atoms with Crippen LogP contribution < -0.4 is 4.74 Å². The third-order valence-corrected chi connectivity index (χ3v) is 5.32. The van der Waals surface area contributed by atoms with Crippen molar-refractivity contribution in [1.82, 2.24) is 4.31 Å². The molecule has 0 aliphatic carbocycles. The summed E-state index contributed by atoms with van der Waals surface area (Å²) in [5, 5.41) is 9.57. The molecule has 0 spiro atoms. The Hall–Kier alpha value is -0.820. The monoisotopic (exact) mass is 321 g/mol. The minimum Gasteiger partial charge on any atom is -0.495 e. The van der Waals surface area contributed by atoms with Gasteiger partial charge < -0.3 is 9.84 Å². The van der Waals surface area contributed by atoms with E-state index in [-0.39, 0.29) is 28.3 Å². The standard InChI is InChI=1S/C13H20ClNO4S/c1-5-15(9(2)3)20(17,18)12-7-11(14)6-10(8-16)13(12)19-4/h6-7,9,16H,5,8H2,1-4H3. The predicted octanol–water partition coefficient (Wildman–Crippen LogP) is 2.26. The lowest BCUT2D eigenvalue weighted by Crippen LogP contribution is -2.36. The van der Waals surface area contributed by atoms with Gasteiger partial charge in [-0.05, 0) is 26.0 Å². The van der Waals surface area contributed by atoms with Crippen molar-refractivity contribution in [3.63, 3.8) is 0 Å². The Morgan fingerprint density at radius 1 is 1.40 bits per heavy atom. The average Bonchev–Trinajstić information content (AvgIpc) is 2.37. The molecule has 0 fully saturated rings. The number of methoxy groups -OCH3 is 1. The molecular formula is C13H20ClNO4S. The van der Waals surface area contributed by atoms with Crippen LogP contribution in [-0.4, -0.2) is 37.5 Å². The second-order valence-electron chi connectivity index (χ2n) is 4.56. The lowest BCUT2D eigenvalue weighted by Gasteiger charge is -2.25. The number of halogens is 1. The first-order chi connectivity index (χ1) is 9.29. The summed E-state index contributed by atoms with van der Waals surface area (Å²) in [6, 6.07) is 2.65. The fraction of sp³-hybridized carbons (Fsp3) is 0.538. The maximum atomic E-state index is 12.7. The van der Waals surface area contributed by atoms with E-state index in [1.54, 1.807) is 20.8 Å². The van der Waals surface area contributed by atoms with Gasteiger partial charge in [-0.25, -0.2) is 8.42 Å². The molecule has 1 aromatic carbocycles. The van der Waals surface area contributed by atoms with Gasteiger partial charge in [0, 0.05) is 23.2 Å². The largest absolute Gasteiger partial charge is 0.495 e. The Morgan fingerprint density at radius 3 is 2.40 bits per heavy atom. The molecule has 20 heavy (non-hydrogen) atoms. The molecule has 0 aliphatic rings. The highest BCUT2D eigenvalue weighted by Gasteiger charge is 2.30. The van der Waals surface area contributed by atoms with Gasteiger partial charge in [0.25, 0.3) is 0 Å². The van der Waals surface area contributed by atoms with Crippen LogP contribution in [0, 0.1) is 0 Å². The molecule has 7 heteroatoms. The van der Waals surface area contributed by atoms with Crippen molar-refractivity contribution >= 4 is 21.6 Å². The second kappa shape index (κ2) is 6.76. The first kappa shape index (κ1) is 17.2. The highest BCUT2D eigenvalue weighted by Crippen LogP contribution is 2.34. The van der Waals surface area contributed by atoms with Crippen LogP contribution in [0.1, 0.15) is 26.3 Å². The van der Waals surface area contributed by atoms with E-state index in [1.165, 1.54) is 23.5 Å². The van der Waals surface area contributed by atoms with Crippen molar-refractivity contribution in [1.29, 1.82) is 0 Å². The van der Waals surface area contributed by atoms with E-state index in [2.05, 4.69) is 0 Å². The molecule has 5 nitrogen and oxygen atoms in total. The van der Waals surface area contributed by atoms with Gasteiger partial charge in [-0.2, -0.15) is 4.31 Å². The van der Waals surface area contributed by atoms with Crippen molar-refractivity contribution in [2.75, 3.05) is 13.7 Å². The summed E-state index contributed by atoms with van der Waals surface area (Å²) in [5.41, 5.74) is 0.346. The molecule has 0 amide bonds. The van der Waals surface area contributed by atoms with Gasteiger partial charge in [0.05, 0.1) is 13.7 Å². The van der Waals surface area contributed by atoms with E-state index in [9.17, 15) is 13.5 Å². The Kier molecular flexibility index (Phi) is 5.82. The van der Waals surface area contributed by atoms with Crippen molar-refractivity contribution < 1.29 is 18.3 Å². The number of rotatable bonds is 6. The van der Waals surface area contributed by atoms with Crippen LogP contribution in [0.5, 0.6) is 5.75 Å². The average molecular weight is 322 g/mol. The first-order valence-corrected chi connectivity index (χ1v) is 8.10. The van der Waals surface area contributed by atoms with Gasteiger partial charge in [-0.1, -0.05) is 18.5 Å². The van der Waals surface area contributed by atoms with Gasteiger partial charge >= 0.3 is 0 Å². The fourth-order valence-corrected chi connectivity index (χ4v) is 4.28. The third kappa shape index (κ3) is 3.25. The quantitative estimate of drug-likeness (QED) is 0.872. The molecule has 0 saturated heterocycles. The summed E-state index contributed by atoms with van der Waals surface area (Å²) in [7, 11) is -2.37. The van der Waals surface area contributed by atoms with E-state index in [4.69, 9.17) is 16.3 Å². The zero-order chi connectivity index (χ0) is 15.5. The maximum absolute atomic E-state index is 12.7. The summed E-state index contributed by atoms with van der Waals surface area (Å²) < 4.78 is 31.9. The molecule has 0 bridgehead atoms. The van der Waals surface area contributed by atoms with E-state index >= 15 is 0 Å².